The molecule has 0 spiro atoms. The van der Waals surface area contributed by atoms with Gasteiger partial charge in [0, 0.05) is 6.04 Å². The fourth-order valence-corrected chi connectivity index (χ4v) is 2.46. The van der Waals surface area contributed by atoms with Crippen LogP contribution in [0, 0.1) is 5.92 Å². The topological polar surface area (TPSA) is 26.0 Å². The lowest BCUT2D eigenvalue weighted by molar-refractivity contribution is 0.436. The van der Waals surface area contributed by atoms with E-state index in [0.717, 1.165) is 19.3 Å². The van der Waals surface area contributed by atoms with Crippen LogP contribution in [0.3, 0.4) is 0 Å². The number of hydrogen-bond donors (Lipinski definition) is 1. The number of hydrogen-bond acceptors (Lipinski definition) is 1. The molecule has 0 aromatic heterocycles. The highest BCUT2D eigenvalue weighted by Gasteiger charge is 2.25. The van der Waals surface area contributed by atoms with Gasteiger partial charge in [-0.3, -0.25) is 0 Å². The van der Waals surface area contributed by atoms with Crippen LogP contribution in [-0.4, -0.2) is 6.04 Å². The van der Waals surface area contributed by atoms with E-state index in [1.54, 1.807) is 0 Å². The van der Waals surface area contributed by atoms with Crippen LogP contribution in [0.15, 0.2) is 36.4 Å². The highest BCUT2D eigenvalue weighted by Crippen LogP contribution is 2.29. The summed E-state index contributed by atoms with van der Waals surface area (Å²) in [5.74, 6) is 0.610. The molecule has 0 saturated carbocycles. The molecule has 2 N–H and O–H groups in total. The normalized spacial score (nSPS) is 17.5. The lowest BCUT2D eigenvalue weighted by Crippen LogP contribution is -2.30. The first-order chi connectivity index (χ1) is 7.16. The Labute approximate surface area is 92.0 Å². The molecule has 0 fully saturated rings. The standard InChI is InChI=1S/C14H19N/c1-10(2)7-14(15)13-8-11-5-3-4-6-12(11)9-13/h3-6,13-14H,1,7-9,15H2,2H3. The Morgan fingerprint density at radius 2 is 1.93 bits per heavy atom. The van der Waals surface area contributed by atoms with Crippen molar-refractivity contribution in [2.24, 2.45) is 11.7 Å². The van der Waals surface area contributed by atoms with Crippen molar-refractivity contribution in [3.63, 3.8) is 0 Å². The molecule has 1 heteroatoms. The van der Waals surface area contributed by atoms with Crippen molar-refractivity contribution >= 4 is 0 Å². The molecule has 15 heavy (non-hydrogen) atoms. The van der Waals surface area contributed by atoms with Gasteiger partial charge in [-0.2, -0.15) is 0 Å². The zero-order valence-corrected chi connectivity index (χ0v) is 9.37. The van der Waals surface area contributed by atoms with Crippen LogP contribution in [0.4, 0.5) is 0 Å². The lowest BCUT2D eigenvalue weighted by atomic mass is 9.93. The van der Waals surface area contributed by atoms with Gasteiger partial charge in [-0.15, -0.1) is 6.58 Å². The first-order valence-corrected chi connectivity index (χ1v) is 5.63. The van der Waals surface area contributed by atoms with E-state index in [-0.39, 0.29) is 6.04 Å². The van der Waals surface area contributed by atoms with Crippen LogP contribution in [0.2, 0.25) is 0 Å². The van der Waals surface area contributed by atoms with Crippen LogP contribution in [0.25, 0.3) is 0 Å². The van der Waals surface area contributed by atoms with Gasteiger partial charge < -0.3 is 5.73 Å². The summed E-state index contributed by atoms with van der Waals surface area (Å²) in [4.78, 5) is 0. The number of rotatable bonds is 3. The van der Waals surface area contributed by atoms with Crippen molar-refractivity contribution in [1.29, 1.82) is 0 Å². The zero-order chi connectivity index (χ0) is 10.8. The smallest absolute Gasteiger partial charge is 0.0111 e. The van der Waals surface area contributed by atoms with E-state index >= 15 is 0 Å². The van der Waals surface area contributed by atoms with E-state index in [2.05, 4.69) is 37.8 Å². The van der Waals surface area contributed by atoms with Gasteiger partial charge in [0.15, 0.2) is 0 Å². The van der Waals surface area contributed by atoms with Gasteiger partial charge in [0.2, 0.25) is 0 Å². The molecule has 1 nitrogen and oxygen atoms in total. The summed E-state index contributed by atoms with van der Waals surface area (Å²) in [6.45, 7) is 5.99. The van der Waals surface area contributed by atoms with Crippen molar-refractivity contribution in [3.05, 3.63) is 47.5 Å². The van der Waals surface area contributed by atoms with Crippen molar-refractivity contribution in [2.75, 3.05) is 0 Å². The Hall–Kier alpha value is -1.08. The Morgan fingerprint density at radius 3 is 2.40 bits per heavy atom. The molecule has 0 saturated heterocycles. The highest BCUT2D eigenvalue weighted by molar-refractivity contribution is 5.32. The van der Waals surface area contributed by atoms with Crippen LogP contribution >= 0.6 is 0 Å². The second kappa shape index (κ2) is 4.19. The summed E-state index contributed by atoms with van der Waals surface area (Å²) in [6.07, 6.45) is 3.24. The molecular weight excluding hydrogens is 182 g/mol. The number of nitrogens with two attached hydrogens (primary N) is 1. The third-order valence-electron chi connectivity index (χ3n) is 3.27. The molecule has 1 aromatic carbocycles. The molecule has 0 heterocycles. The van der Waals surface area contributed by atoms with Crippen molar-refractivity contribution in [1.82, 2.24) is 0 Å². The summed E-state index contributed by atoms with van der Waals surface area (Å²) in [5.41, 5.74) is 10.4. The monoisotopic (exact) mass is 201 g/mol. The van der Waals surface area contributed by atoms with Crippen LogP contribution < -0.4 is 5.73 Å². The predicted molar refractivity (Wildman–Crippen MR) is 64.7 cm³/mol. The fourth-order valence-electron chi connectivity index (χ4n) is 2.46. The molecule has 1 aromatic rings. The van der Waals surface area contributed by atoms with Gasteiger partial charge in [-0.1, -0.05) is 29.8 Å². The average Bonchev–Trinajstić information content (AvgIpc) is 2.59. The Kier molecular flexibility index (Phi) is 2.92. The quantitative estimate of drug-likeness (QED) is 0.748. The molecule has 1 unspecified atom stereocenters. The first-order valence-electron chi connectivity index (χ1n) is 5.63. The summed E-state index contributed by atoms with van der Waals surface area (Å²) in [6, 6.07) is 8.96. The Bertz CT molecular complexity index is 342. The summed E-state index contributed by atoms with van der Waals surface area (Å²) >= 11 is 0. The van der Waals surface area contributed by atoms with Gasteiger partial charge >= 0.3 is 0 Å². The third kappa shape index (κ3) is 2.29. The molecule has 80 valence electrons. The van der Waals surface area contributed by atoms with Gasteiger partial charge in [-0.25, -0.2) is 0 Å². The van der Waals surface area contributed by atoms with Crippen molar-refractivity contribution < 1.29 is 0 Å². The van der Waals surface area contributed by atoms with E-state index in [9.17, 15) is 0 Å². The Balaban J connectivity index is 2.03. The number of benzene rings is 1. The molecule has 0 amide bonds. The largest absolute Gasteiger partial charge is 0.327 e. The maximum atomic E-state index is 6.20. The minimum Gasteiger partial charge on any atom is -0.327 e. The maximum absolute atomic E-state index is 6.20. The molecule has 0 aliphatic heterocycles. The highest BCUT2D eigenvalue weighted by atomic mass is 14.7. The SMILES string of the molecule is C=C(C)CC(N)C1Cc2ccccc2C1. The molecule has 1 aliphatic carbocycles. The second-order valence-electron chi connectivity index (χ2n) is 4.76. The van der Waals surface area contributed by atoms with E-state index in [1.165, 1.54) is 16.7 Å². The van der Waals surface area contributed by atoms with Gasteiger partial charge in [0.05, 0.1) is 0 Å². The maximum Gasteiger partial charge on any atom is 0.0111 e. The fraction of sp³-hybridized carbons (Fsp3) is 0.429. The van der Waals surface area contributed by atoms with Crippen LogP contribution in [0.1, 0.15) is 24.5 Å². The first kappa shape index (κ1) is 10.4. The molecular formula is C14H19N. The van der Waals surface area contributed by atoms with Gasteiger partial charge in [0.25, 0.3) is 0 Å². The number of fused-ring (bicyclic) bond motifs is 1. The van der Waals surface area contributed by atoms with E-state index in [4.69, 9.17) is 5.73 Å². The molecule has 0 bridgehead atoms. The van der Waals surface area contributed by atoms with E-state index in [1.807, 2.05) is 0 Å². The molecule has 0 radical (unpaired) electrons. The summed E-state index contributed by atoms with van der Waals surface area (Å²) in [7, 11) is 0. The summed E-state index contributed by atoms with van der Waals surface area (Å²) in [5, 5.41) is 0. The van der Waals surface area contributed by atoms with Crippen molar-refractivity contribution in [2.45, 2.75) is 32.2 Å². The Morgan fingerprint density at radius 1 is 1.40 bits per heavy atom. The zero-order valence-electron chi connectivity index (χ0n) is 9.37. The van der Waals surface area contributed by atoms with Crippen LogP contribution in [0.5, 0.6) is 0 Å². The third-order valence-corrected chi connectivity index (χ3v) is 3.27. The molecule has 1 atom stereocenters. The predicted octanol–water partition coefficient (Wildman–Crippen LogP) is 2.69. The van der Waals surface area contributed by atoms with Gasteiger partial charge in [-0.05, 0) is 43.2 Å². The lowest BCUT2D eigenvalue weighted by Gasteiger charge is -2.18. The minimum atomic E-state index is 0.273. The average molecular weight is 201 g/mol. The second-order valence-corrected chi connectivity index (χ2v) is 4.76. The van der Waals surface area contributed by atoms with Gasteiger partial charge in [0.1, 0.15) is 0 Å². The van der Waals surface area contributed by atoms with Crippen LogP contribution in [-0.2, 0) is 12.8 Å². The summed E-state index contributed by atoms with van der Waals surface area (Å²) < 4.78 is 0. The van der Waals surface area contributed by atoms with E-state index < -0.39 is 0 Å². The molecule has 1 aliphatic rings. The molecule has 2 rings (SSSR count). The van der Waals surface area contributed by atoms with Crippen molar-refractivity contribution in [3.8, 4) is 0 Å². The minimum absolute atomic E-state index is 0.273. The van der Waals surface area contributed by atoms with E-state index in [0.29, 0.717) is 5.92 Å².